The van der Waals surface area contributed by atoms with Gasteiger partial charge in [0.1, 0.15) is 0 Å². The fourth-order valence-corrected chi connectivity index (χ4v) is 2.27. The summed E-state index contributed by atoms with van der Waals surface area (Å²) in [6, 6.07) is 33.4. The van der Waals surface area contributed by atoms with Crippen LogP contribution in [0, 0.1) is 0 Å². The fraction of sp³-hybridized carbons (Fsp3) is 0. The second-order valence-corrected chi connectivity index (χ2v) is 4.69. The molecule has 0 aliphatic heterocycles. The third-order valence-corrected chi connectivity index (χ3v) is 3.32. The zero-order valence-electron chi connectivity index (χ0n) is 12.2. The molecule has 0 saturated carbocycles. The Bertz CT molecular complexity index is 619. The van der Waals surface area contributed by atoms with Gasteiger partial charge in [0.15, 0.2) is 0 Å². The quantitative estimate of drug-likeness (QED) is 0.383. The Kier molecular flexibility index (Phi) is 6.01. The summed E-state index contributed by atoms with van der Waals surface area (Å²) in [7, 11) is 0. The number of fused-ring (bicyclic) bond motifs is 2. The zero-order valence-corrected chi connectivity index (χ0v) is 14.2. The van der Waals surface area contributed by atoms with Gasteiger partial charge in [-0.05, 0) is 21.5 Å². The minimum absolute atomic E-state index is 0. The molecule has 0 spiro atoms. The summed E-state index contributed by atoms with van der Waals surface area (Å²) in [5.74, 6) is 0. The van der Waals surface area contributed by atoms with Crippen LogP contribution in [0.25, 0.3) is 21.5 Å². The fourth-order valence-electron chi connectivity index (χ4n) is 2.27. The van der Waals surface area contributed by atoms with Crippen molar-refractivity contribution in [1.82, 2.24) is 0 Å². The van der Waals surface area contributed by atoms with Gasteiger partial charge in [0, 0.05) is 29.6 Å². The van der Waals surface area contributed by atoms with Gasteiger partial charge in [-0.1, -0.05) is 97.1 Å². The van der Waals surface area contributed by atoms with Crippen molar-refractivity contribution >= 4 is 51.1 Å². The summed E-state index contributed by atoms with van der Waals surface area (Å²) in [6.45, 7) is 0. The molecule has 1 heteroatoms. The number of hydrogen-bond acceptors (Lipinski definition) is 0. The molecule has 97 valence electrons. The zero-order chi connectivity index (χ0) is 13.6. The average molecular weight is 279 g/mol. The van der Waals surface area contributed by atoms with Crippen LogP contribution in [0.4, 0.5) is 0 Å². The van der Waals surface area contributed by atoms with Crippen LogP contribution in [0.15, 0.2) is 97.1 Å². The Morgan fingerprint density at radius 3 is 0.571 bits per heavy atom. The first-order valence-corrected chi connectivity index (χ1v) is 6.81. The number of benzene rings is 4. The van der Waals surface area contributed by atoms with E-state index in [-0.39, 0.29) is 29.6 Å². The molecule has 4 aromatic carbocycles. The van der Waals surface area contributed by atoms with Crippen LogP contribution in [-0.2, 0) is 0 Å². The summed E-state index contributed by atoms with van der Waals surface area (Å²) in [5.41, 5.74) is 0. The van der Waals surface area contributed by atoms with E-state index in [0.717, 1.165) is 0 Å². The van der Waals surface area contributed by atoms with E-state index >= 15 is 0 Å². The van der Waals surface area contributed by atoms with Gasteiger partial charge in [-0.15, -0.1) is 0 Å². The first kappa shape index (κ1) is 15.8. The summed E-state index contributed by atoms with van der Waals surface area (Å²) >= 11 is 0. The number of rotatable bonds is 0. The van der Waals surface area contributed by atoms with Crippen LogP contribution in [0.1, 0.15) is 0 Å². The van der Waals surface area contributed by atoms with Crippen LogP contribution in [0.3, 0.4) is 0 Å². The second kappa shape index (κ2) is 7.99. The summed E-state index contributed by atoms with van der Waals surface area (Å²) in [6.07, 6.45) is 0. The molecule has 0 unspecified atom stereocenters. The van der Waals surface area contributed by atoms with E-state index in [1.54, 1.807) is 0 Å². The second-order valence-electron chi connectivity index (χ2n) is 4.69. The molecule has 0 saturated heterocycles. The molecule has 4 rings (SSSR count). The first-order chi connectivity index (χ1) is 9.93. The van der Waals surface area contributed by atoms with Crippen molar-refractivity contribution < 1.29 is 0 Å². The SMILES string of the molecule is [Na].c1ccc2ccccc2c1.c1ccc2ccccc2c1. The largest absolute Gasteiger partial charge is 0.0616 e. The number of hydrogen-bond donors (Lipinski definition) is 0. The summed E-state index contributed by atoms with van der Waals surface area (Å²) in [5, 5.41) is 5.24. The monoisotopic (exact) mass is 279 g/mol. The standard InChI is InChI=1S/2C10H8.Na/c2*1-2-6-10-8-4-3-7-9(10)5-1;/h2*1-8H;. The molecular weight excluding hydrogens is 263 g/mol. The van der Waals surface area contributed by atoms with Crippen LogP contribution >= 0.6 is 0 Å². The van der Waals surface area contributed by atoms with Crippen molar-refractivity contribution in [1.29, 1.82) is 0 Å². The molecule has 0 atom stereocenters. The predicted molar refractivity (Wildman–Crippen MR) is 93.7 cm³/mol. The van der Waals surface area contributed by atoms with Gasteiger partial charge in [0.05, 0.1) is 0 Å². The molecule has 0 bridgehead atoms. The third-order valence-electron chi connectivity index (χ3n) is 3.32. The van der Waals surface area contributed by atoms with Gasteiger partial charge in [-0.3, -0.25) is 0 Å². The molecule has 0 amide bonds. The van der Waals surface area contributed by atoms with Crippen molar-refractivity contribution in [2.75, 3.05) is 0 Å². The van der Waals surface area contributed by atoms with Crippen LogP contribution in [-0.4, -0.2) is 29.6 Å². The molecule has 21 heavy (non-hydrogen) atoms. The predicted octanol–water partition coefficient (Wildman–Crippen LogP) is 5.30. The van der Waals surface area contributed by atoms with E-state index in [2.05, 4.69) is 97.1 Å². The van der Waals surface area contributed by atoms with E-state index in [9.17, 15) is 0 Å². The van der Waals surface area contributed by atoms with Gasteiger partial charge < -0.3 is 0 Å². The van der Waals surface area contributed by atoms with Crippen molar-refractivity contribution in [3.63, 3.8) is 0 Å². The summed E-state index contributed by atoms with van der Waals surface area (Å²) in [4.78, 5) is 0. The molecule has 0 aromatic heterocycles. The maximum absolute atomic E-state index is 2.12. The van der Waals surface area contributed by atoms with Gasteiger partial charge in [-0.2, -0.15) is 0 Å². The first-order valence-electron chi connectivity index (χ1n) is 6.81. The van der Waals surface area contributed by atoms with Gasteiger partial charge in [-0.25, -0.2) is 0 Å². The van der Waals surface area contributed by atoms with Gasteiger partial charge >= 0.3 is 0 Å². The van der Waals surface area contributed by atoms with Crippen LogP contribution < -0.4 is 0 Å². The molecule has 4 aromatic rings. The van der Waals surface area contributed by atoms with Crippen molar-refractivity contribution in [2.45, 2.75) is 0 Å². The Morgan fingerprint density at radius 1 is 0.286 bits per heavy atom. The Hall–Kier alpha value is -1.60. The van der Waals surface area contributed by atoms with Crippen LogP contribution in [0.5, 0.6) is 0 Å². The molecule has 0 aliphatic carbocycles. The summed E-state index contributed by atoms with van der Waals surface area (Å²) < 4.78 is 0. The van der Waals surface area contributed by atoms with E-state index < -0.39 is 0 Å². The maximum Gasteiger partial charge on any atom is 0 e. The van der Waals surface area contributed by atoms with E-state index in [1.165, 1.54) is 21.5 Å². The molecule has 0 nitrogen and oxygen atoms in total. The smallest absolute Gasteiger partial charge is 0 e. The van der Waals surface area contributed by atoms with Crippen molar-refractivity contribution in [2.24, 2.45) is 0 Å². The van der Waals surface area contributed by atoms with Crippen molar-refractivity contribution in [3.05, 3.63) is 97.1 Å². The molecule has 0 N–H and O–H groups in total. The Balaban J connectivity index is 0.000000147. The molecular formula is C20H16Na. The van der Waals surface area contributed by atoms with Gasteiger partial charge in [0.25, 0.3) is 0 Å². The van der Waals surface area contributed by atoms with Crippen LogP contribution in [0.2, 0.25) is 0 Å². The third kappa shape index (κ3) is 4.18. The molecule has 1 radical (unpaired) electrons. The topological polar surface area (TPSA) is 0 Å². The minimum Gasteiger partial charge on any atom is -0.0616 e. The van der Waals surface area contributed by atoms with Crippen molar-refractivity contribution in [3.8, 4) is 0 Å². The van der Waals surface area contributed by atoms with E-state index in [1.807, 2.05) is 0 Å². The maximum atomic E-state index is 2.12. The molecule has 0 aliphatic rings. The van der Waals surface area contributed by atoms with Gasteiger partial charge in [0.2, 0.25) is 0 Å². The van der Waals surface area contributed by atoms with E-state index in [4.69, 9.17) is 0 Å². The minimum atomic E-state index is 0. The molecule has 0 heterocycles. The normalized spacial score (nSPS) is 9.52. The molecule has 0 fully saturated rings. The Morgan fingerprint density at radius 2 is 0.429 bits per heavy atom. The van der Waals surface area contributed by atoms with E-state index in [0.29, 0.717) is 0 Å². The average Bonchev–Trinajstić information content (AvgIpc) is 2.56. The Labute approximate surface area is 147 Å².